The van der Waals surface area contributed by atoms with Gasteiger partial charge < -0.3 is 0 Å². The topological polar surface area (TPSA) is 0 Å². The van der Waals surface area contributed by atoms with Crippen LogP contribution in [0.4, 0.5) is 0 Å². The van der Waals surface area contributed by atoms with Crippen molar-refractivity contribution in [1.29, 1.82) is 0 Å². The molecule has 0 heterocycles. The second-order valence-electron chi connectivity index (χ2n) is 4.92. The predicted molar refractivity (Wildman–Crippen MR) is 76.6 cm³/mol. The van der Waals surface area contributed by atoms with Crippen molar-refractivity contribution in [3.8, 4) is 0 Å². The number of hydrogen-bond acceptors (Lipinski definition) is 0. The lowest BCUT2D eigenvalue weighted by Gasteiger charge is -2.15. The molecule has 90 valence electrons. The van der Waals surface area contributed by atoms with Crippen LogP contribution in [0.15, 0.2) is 36.4 Å². The molecule has 0 saturated heterocycles. The van der Waals surface area contributed by atoms with Crippen LogP contribution < -0.4 is 0 Å². The first-order chi connectivity index (χ1) is 8.27. The third-order valence-corrected chi connectivity index (χ3v) is 3.69. The minimum Gasteiger partial charge on any atom is -0.0651 e. The highest BCUT2D eigenvalue weighted by Gasteiger charge is 2.10. The molecule has 0 N–H and O–H groups in total. The van der Waals surface area contributed by atoms with Crippen LogP contribution in [0.3, 0.4) is 0 Å². The fraction of sp³-hybridized carbons (Fsp3) is 0.412. The van der Waals surface area contributed by atoms with Crippen LogP contribution in [0.25, 0.3) is 10.8 Å². The number of rotatable bonds is 4. The highest BCUT2D eigenvalue weighted by molar-refractivity contribution is 5.89. The lowest BCUT2D eigenvalue weighted by atomic mass is 9.89. The molecule has 0 heteroatoms. The normalized spacial score (nSPS) is 12.9. The average Bonchev–Trinajstić information content (AvgIpc) is 2.38. The monoisotopic (exact) mass is 226 g/mol. The molecule has 0 nitrogen and oxygen atoms in total. The minimum absolute atomic E-state index is 0.650. The Labute approximate surface area is 105 Å². The second-order valence-corrected chi connectivity index (χ2v) is 4.92. The van der Waals surface area contributed by atoms with Crippen LogP contribution in [-0.2, 0) is 6.42 Å². The molecule has 17 heavy (non-hydrogen) atoms. The van der Waals surface area contributed by atoms with E-state index in [2.05, 4.69) is 57.2 Å². The second kappa shape index (κ2) is 5.35. The van der Waals surface area contributed by atoms with Gasteiger partial charge in [0.1, 0.15) is 0 Å². The summed E-state index contributed by atoms with van der Waals surface area (Å²) in [4.78, 5) is 0. The summed E-state index contributed by atoms with van der Waals surface area (Å²) in [5.41, 5.74) is 3.04. The molecule has 0 aliphatic carbocycles. The summed E-state index contributed by atoms with van der Waals surface area (Å²) in [6.07, 6.45) is 3.61. The number of aryl methyl sites for hydroxylation is 1. The number of fused-ring (bicyclic) bond motifs is 1. The standard InChI is InChI=1S/C17H22/c1-4-8-14-9-6-10-15-11-7-12-16(17(14)15)13(3)5-2/h6-7,9-13H,4-5,8H2,1-3H3. The Balaban J connectivity index is 2.66. The Morgan fingerprint density at radius 1 is 1.00 bits per heavy atom. The van der Waals surface area contributed by atoms with Gasteiger partial charge in [0.25, 0.3) is 0 Å². The van der Waals surface area contributed by atoms with Crippen molar-refractivity contribution in [2.75, 3.05) is 0 Å². The lowest BCUT2D eigenvalue weighted by molar-refractivity contribution is 0.738. The van der Waals surface area contributed by atoms with Gasteiger partial charge in [-0.25, -0.2) is 0 Å². The van der Waals surface area contributed by atoms with E-state index in [1.54, 1.807) is 0 Å². The molecule has 0 spiro atoms. The zero-order valence-corrected chi connectivity index (χ0v) is 11.2. The molecule has 0 amide bonds. The van der Waals surface area contributed by atoms with Crippen LogP contribution in [0.5, 0.6) is 0 Å². The molecule has 1 unspecified atom stereocenters. The van der Waals surface area contributed by atoms with Gasteiger partial charge in [-0.15, -0.1) is 0 Å². The predicted octanol–water partition coefficient (Wildman–Crippen LogP) is 5.31. The van der Waals surface area contributed by atoms with E-state index in [9.17, 15) is 0 Å². The van der Waals surface area contributed by atoms with Crippen LogP contribution in [0, 0.1) is 0 Å². The highest BCUT2D eigenvalue weighted by Crippen LogP contribution is 2.30. The average molecular weight is 226 g/mol. The summed E-state index contributed by atoms with van der Waals surface area (Å²) in [6, 6.07) is 13.4. The molecule has 0 saturated carbocycles. The SMILES string of the molecule is CCCc1cccc2cccc(C(C)CC)c12. The molecule has 0 aliphatic heterocycles. The molecular formula is C17H22. The molecule has 2 aromatic rings. The van der Waals surface area contributed by atoms with Crippen molar-refractivity contribution in [2.24, 2.45) is 0 Å². The molecule has 0 fully saturated rings. The summed E-state index contributed by atoms with van der Waals surface area (Å²) in [5.74, 6) is 0.650. The van der Waals surface area contributed by atoms with Crippen molar-refractivity contribution in [2.45, 2.75) is 46.0 Å². The maximum absolute atomic E-state index is 2.33. The van der Waals surface area contributed by atoms with Gasteiger partial charge in [0.05, 0.1) is 0 Å². The van der Waals surface area contributed by atoms with Gasteiger partial charge in [-0.05, 0) is 40.7 Å². The zero-order chi connectivity index (χ0) is 12.3. The van der Waals surface area contributed by atoms with Gasteiger partial charge in [-0.3, -0.25) is 0 Å². The maximum atomic E-state index is 2.33. The van der Waals surface area contributed by atoms with Crippen molar-refractivity contribution >= 4 is 10.8 Å². The molecule has 2 rings (SSSR count). The lowest BCUT2D eigenvalue weighted by Crippen LogP contribution is -1.96. The van der Waals surface area contributed by atoms with Gasteiger partial charge in [0.15, 0.2) is 0 Å². The van der Waals surface area contributed by atoms with E-state index in [0.29, 0.717) is 5.92 Å². The van der Waals surface area contributed by atoms with E-state index in [-0.39, 0.29) is 0 Å². The third-order valence-electron chi connectivity index (χ3n) is 3.69. The van der Waals surface area contributed by atoms with Crippen molar-refractivity contribution < 1.29 is 0 Å². The Kier molecular flexibility index (Phi) is 3.83. The smallest absolute Gasteiger partial charge is 0.0117 e. The molecule has 0 aromatic heterocycles. The van der Waals surface area contributed by atoms with Crippen LogP contribution >= 0.6 is 0 Å². The Hall–Kier alpha value is -1.30. The van der Waals surface area contributed by atoms with Crippen LogP contribution in [0.1, 0.15) is 50.7 Å². The maximum Gasteiger partial charge on any atom is -0.0117 e. The third kappa shape index (κ3) is 2.36. The van der Waals surface area contributed by atoms with Crippen LogP contribution in [-0.4, -0.2) is 0 Å². The first-order valence-electron chi connectivity index (χ1n) is 6.78. The Morgan fingerprint density at radius 3 is 2.35 bits per heavy atom. The van der Waals surface area contributed by atoms with Crippen molar-refractivity contribution in [3.63, 3.8) is 0 Å². The largest absolute Gasteiger partial charge is 0.0651 e. The highest BCUT2D eigenvalue weighted by atomic mass is 14.1. The molecular weight excluding hydrogens is 204 g/mol. The first-order valence-corrected chi connectivity index (χ1v) is 6.78. The fourth-order valence-electron chi connectivity index (χ4n) is 2.56. The van der Waals surface area contributed by atoms with Gasteiger partial charge in [-0.2, -0.15) is 0 Å². The van der Waals surface area contributed by atoms with Gasteiger partial charge >= 0.3 is 0 Å². The van der Waals surface area contributed by atoms with E-state index in [1.165, 1.54) is 41.2 Å². The summed E-state index contributed by atoms with van der Waals surface area (Å²) in [5, 5.41) is 2.90. The fourth-order valence-corrected chi connectivity index (χ4v) is 2.56. The van der Waals surface area contributed by atoms with Crippen LogP contribution in [0.2, 0.25) is 0 Å². The van der Waals surface area contributed by atoms with E-state index in [4.69, 9.17) is 0 Å². The number of hydrogen-bond donors (Lipinski definition) is 0. The van der Waals surface area contributed by atoms with Crippen molar-refractivity contribution in [1.82, 2.24) is 0 Å². The summed E-state index contributed by atoms with van der Waals surface area (Å²) >= 11 is 0. The van der Waals surface area contributed by atoms with Gasteiger partial charge in [-0.1, -0.05) is 63.6 Å². The van der Waals surface area contributed by atoms with E-state index in [0.717, 1.165) is 0 Å². The van der Waals surface area contributed by atoms with Crippen molar-refractivity contribution in [3.05, 3.63) is 47.5 Å². The quantitative estimate of drug-likeness (QED) is 0.663. The van der Waals surface area contributed by atoms with Gasteiger partial charge in [0.2, 0.25) is 0 Å². The van der Waals surface area contributed by atoms with E-state index in [1.807, 2.05) is 0 Å². The van der Waals surface area contributed by atoms with Gasteiger partial charge in [0, 0.05) is 0 Å². The Morgan fingerprint density at radius 2 is 1.71 bits per heavy atom. The van der Waals surface area contributed by atoms with E-state index < -0.39 is 0 Å². The molecule has 1 atom stereocenters. The Bertz CT molecular complexity index is 491. The number of benzene rings is 2. The first kappa shape index (κ1) is 12.2. The molecule has 0 radical (unpaired) electrons. The van der Waals surface area contributed by atoms with E-state index >= 15 is 0 Å². The zero-order valence-electron chi connectivity index (χ0n) is 11.2. The summed E-state index contributed by atoms with van der Waals surface area (Å²) in [6.45, 7) is 6.86. The summed E-state index contributed by atoms with van der Waals surface area (Å²) < 4.78 is 0. The molecule has 0 aliphatic rings. The summed E-state index contributed by atoms with van der Waals surface area (Å²) in [7, 11) is 0. The molecule has 0 bridgehead atoms. The minimum atomic E-state index is 0.650. The molecule has 2 aromatic carbocycles.